The fourth-order valence-corrected chi connectivity index (χ4v) is 3.18. The molecular formula is C15H16N2O4S. The molecule has 7 heteroatoms. The summed E-state index contributed by atoms with van der Waals surface area (Å²) < 4.78 is 4.93. The molecule has 0 aromatic heterocycles. The number of para-hydroxylation sites is 1. The zero-order valence-corrected chi connectivity index (χ0v) is 12.7. The summed E-state index contributed by atoms with van der Waals surface area (Å²) in [5.74, 6) is -1.05. The minimum Gasteiger partial charge on any atom is -0.456 e. The molecule has 1 atom stereocenters. The topological polar surface area (TPSA) is 84.5 Å². The van der Waals surface area contributed by atoms with Gasteiger partial charge in [-0.15, -0.1) is 11.8 Å². The molecule has 0 radical (unpaired) electrons. The molecule has 6 nitrogen and oxygen atoms in total. The Kier molecular flexibility index (Phi) is 4.33. The van der Waals surface area contributed by atoms with Crippen molar-refractivity contribution in [2.45, 2.75) is 35.4 Å². The van der Waals surface area contributed by atoms with E-state index in [1.165, 1.54) is 11.8 Å². The molecule has 116 valence electrons. The lowest BCUT2D eigenvalue weighted by Crippen LogP contribution is -2.33. The number of hydrogen-bond donors (Lipinski definition) is 2. The molecule has 1 saturated carbocycles. The Labute approximate surface area is 132 Å². The number of anilines is 1. The average Bonchev–Trinajstić information content (AvgIpc) is 3.30. The molecule has 1 aromatic carbocycles. The summed E-state index contributed by atoms with van der Waals surface area (Å²) in [7, 11) is 0. The van der Waals surface area contributed by atoms with Crippen LogP contribution in [0.4, 0.5) is 5.69 Å². The number of esters is 1. The first kappa shape index (κ1) is 14.9. The summed E-state index contributed by atoms with van der Waals surface area (Å²) in [6, 6.07) is 7.66. The number of ether oxygens (including phenoxy) is 1. The third-order valence-electron chi connectivity index (χ3n) is 3.37. The lowest BCUT2D eigenvalue weighted by molar-refractivity contribution is -0.149. The van der Waals surface area contributed by atoms with E-state index in [0.29, 0.717) is 0 Å². The molecule has 1 heterocycles. The lowest BCUT2D eigenvalue weighted by atomic mass is 10.2. The highest BCUT2D eigenvalue weighted by Crippen LogP contribution is 2.36. The molecule has 2 aliphatic rings. The highest BCUT2D eigenvalue weighted by atomic mass is 32.2. The quantitative estimate of drug-likeness (QED) is 0.799. The maximum absolute atomic E-state index is 12.0. The minimum atomic E-state index is -0.544. The maximum Gasteiger partial charge on any atom is 0.307 e. The number of carbonyl (C=O) groups excluding carboxylic acids is 3. The van der Waals surface area contributed by atoms with Crippen molar-refractivity contribution in [2.75, 3.05) is 11.9 Å². The van der Waals surface area contributed by atoms with Crippen LogP contribution in [0.25, 0.3) is 0 Å². The van der Waals surface area contributed by atoms with Gasteiger partial charge in [-0.25, -0.2) is 0 Å². The maximum atomic E-state index is 12.0. The zero-order valence-electron chi connectivity index (χ0n) is 11.8. The van der Waals surface area contributed by atoms with E-state index in [9.17, 15) is 14.4 Å². The summed E-state index contributed by atoms with van der Waals surface area (Å²) in [6.07, 6.45) is 1.91. The van der Waals surface area contributed by atoms with Crippen LogP contribution in [0.5, 0.6) is 0 Å². The Morgan fingerprint density at radius 1 is 1.32 bits per heavy atom. The number of benzene rings is 1. The van der Waals surface area contributed by atoms with Crippen molar-refractivity contribution in [3.63, 3.8) is 0 Å². The summed E-state index contributed by atoms with van der Waals surface area (Å²) in [6.45, 7) is -0.287. The molecule has 0 saturated heterocycles. The van der Waals surface area contributed by atoms with Crippen LogP contribution in [-0.2, 0) is 19.1 Å². The first-order valence-corrected chi connectivity index (χ1v) is 8.01. The van der Waals surface area contributed by atoms with Gasteiger partial charge in [0.2, 0.25) is 5.91 Å². The molecule has 1 aromatic rings. The highest BCUT2D eigenvalue weighted by Gasteiger charge is 2.30. The van der Waals surface area contributed by atoms with Crippen LogP contribution in [0.3, 0.4) is 0 Å². The average molecular weight is 320 g/mol. The molecule has 0 bridgehead atoms. The third kappa shape index (κ3) is 3.79. The Hall–Kier alpha value is -2.02. The zero-order chi connectivity index (χ0) is 15.5. The summed E-state index contributed by atoms with van der Waals surface area (Å²) in [5, 5.41) is 4.97. The number of amides is 2. The van der Waals surface area contributed by atoms with Crippen molar-refractivity contribution in [3.05, 3.63) is 24.3 Å². The monoisotopic (exact) mass is 320 g/mol. The molecule has 22 heavy (non-hydrogen) atoms. The van der Waals surface area contributed by atoms with Gasteiger partial charge < -0.3 is 15.4 Å². The largest absolute Gasteiger partial charge is 0.456 e. The van der Waals surface area contributed by atoms with Crippen LogP contribution < -0.4 is 10.6 Å². The number of rotatable bonds is 5. The van der Waals surface area contributed by atoms with Crippen molar-refractivity contribution in [3.8, 4) is 0 Å². The predicted molar refractivity (Wildman–Crippen MR) is 81.5 cm³/mol. The van der Waals surface area contributed by atoms with Gasteiger partial charge in [0, 0.05) is 10.9 Å². The van der Waals surface area contributed by atoms with Crippen LogP contribution >= 0.6 is 11.8 Å². The number of nitrogens with one attached hydrogen (secondary N) is 2. The molecule has 2 N–H and O–H groups in total. The standard InChI is InChI=1S/C15H16N2O4S/c18-13(16-9-5-6-9)8-21-14(19)7-12-15(20)17-10-3-1-2-4-11(10)22-12/h1-4,9,12H,5-8H2,(H,16,18)(H,17,20)/t12-/m1/s1. The smallest absolute Gasteiger partial charge is 0.307 e. The molecule has 2 amide bonds. The normalized spacial score (nSPS) is 19.8. The first-order chi connectivity index (χ1) is 10.6. The van der Waals surface area contributed by atoms with Crippen LogP contribution in [0.2, 0.25) is 0 Å². The van der Waals surface area contributed by atoms with E-state index in [1.807, 2.05) is 24.3 Å². The second-order valence-electron chi connectivity index (χ2n) is 5.30. The molecule has 0 spiro atoms. The number of fused-ring (bicyclic) bond motifs is 1. The fourth-order valence-electron chi connectivity index (χ4n) is 2.08. The Morgan fingerprint density at radius 3 is 2.86 bits per heavy atom. The van der Waals surface area contributed by atoms with Crippen LogP contribution in [-0.4, -0.2) is 35.7 Å². The van der Waals surface area contributed by atoms with Crippen molar-refractivity contribution in [1.29, 1.82) is 0 Å². The van der Waals surface area contributed by atoms with E-state index in [2.05, 4.69) is 10.6 Å². The lowest BCUT2D eigenvalue weighted by Gasteiger charge is -2.23. The number of carbonyl (C=O) groups is 3. The molecule has 3 rings (SSSR count). The van der Waals surface area contributed by atoms with Crippen molar-refractivity contribution in [1.82, 2.24) is 5.32 Å². The Balaban J connectivity index is 1.49. The van der Waals surface area contributed by atoms with Gasteiger partial charge in [0.25, 0.3) is 5.91 Å². The molecule has 0 unspecified atom stereocenters. The van der Waals surface area contributed by atoms with E-state index < -0.39 is 11.2 Å². The molecule has 1 fully saturated rings. The van der Waals surface area contributed by atoms with Crippen LogP contribution in [0.1, 0.15) is 19.3 Å². The summed E-state index contributed by atoms with van der Waals surface area (Å²) in [4.78, 5) is 36.1. The first-order valence-electron chi connectivity index (χ1n) is 7.13. The van der Waals surface area contributed by atoms with E-state index >= 15 is 0 Å². The Morgan fingerprint density at radius 2 is 2.09 bits per heavy atom. The second kappa shape index (κ2) is 6.39. The van der Waals surface area contributed by atoms with E-state index in [1.54, 1.807) is 0 Å². The van der Waals surface area contributed by atoms with Gasteiger partial charge in [0.15, 0.2) is 6.61 Å². The van der Waals surface area contributed by atoms with Crippen LogP contribution in [0.15, 0.2) is 29.2 Å². The van der Waals surface area contributed by atoms with Gasteiger partial charge in [-0.05, 0) is 25.0 Å². The fraction of sp³-hybridized carbons (Fsp3) is 0.400. The third-order valence-corrected chi connectivity index (χ3v) is 4.64. The Bertz CT molecular complexity index is 615. The van der Waals surface area contributed by atoms with E-state index in [0.717, 1.165) is 23.4 Å². The highest BCUT2D eigenvalue weighted by molar-refractivity contribution is 8.01. The SMILES string of the molecule is O=C(COC(=O)C[C@H]1Sc2ccccc2NC1=O)NC1CC1. The van der Waals surface area contributed by atoms with Crippen molar-refractivity contribution < 1.29 is 19.1 Å². The van der Waals surface area contributed by atoms with Crippen molar-refractivity contribution in [2.24, 2.45) is 0 Å². The number of hydrogen-bond acceptors (Lipinski definition) is 5. The molecule has 1 aliphatic carbocycles. The number of thioether (sulfide) groups is 1. The van der Waals surface area contributed by atoms with Gasteiger partial charge in [0.05, 0.1) is 17.4 Å². The van der Waals surface area contributed by atoms with E-state index in [-0.39, 0.29) is 30.9 Å². The van der Waals surface area contributed by atoms with Gasteiger partial charge in [0.1, 0.15) is 0 Å². The molecule has 1 aliphatic heterocycles. The summed E-state index contributed by atoms with van der Waals surface area (Å²) in [5.41, 5.74) is 0.755. The predicted octanol–water partition coefficient (Wildman–Crippen LogP) is 1.31. The summed E-state index contributed by atoms with van der Waals surface area (Å²) >= 11 is 1.33. The van der Waals surface area contributed by atoms with Gasteiger partial charge >= 0.3 is 5.97 Å². The second-order valence-corrected chi connectivity index (χ2v) is 6.54. The van der Waals surface area contributed by atoms with Crippen LogP contribution in [0, 0.1) is 0 Å². The van der Waals surface area contributed by atoms with Gasteiger partial charge in [-0.2, -0.15) is 0 Å². The molecular weight excluding hydrogens is 304 g/mol. The van der Waals surface area contributed by atoms with Gasteiger partial charge in [-0.1, -0.05) is 12.1 Å². The minimum absolute atomic E-state index is 0.0540. The van der Waals surface area contributed by atoms with E-state index in [4.69, 9.17) is 4.74 Å². The van der Waals surface area contributed by atoms with Crippen molar-refractivity contribution >= 4 is 35.2 Å². The van der Waals surface area contributed by atoms with Gasteiger partial charge in [-0.3, -0.25) is 14.4 Å².